The monoisotopic (exact) mass is 281 g/mol. The van der Waals surface area contributed by atoms with Crippen molar-refractivity contribution in [3.05, 3.63) is 23.5 Å². The molecule has 4 N–H and O–H groups in total. The van der Waals surface area contributed by atoms with Crippen LogP contribution in [-0.2, 0) is 4.79 Å². The fraction of sp³-hybridized carbons (Fsp3) is 0.385. The summed E-state index contributed by atoms with van der Waals surface area (Å²) in [7, 11) is 0. The number of carboxylic acids is 1. The summed E-state index contributed by atoms with van der Waals surface area (Å²) < 4.78 is 13.5. The first-order valence-electron chi connectivity index (χ1n) is 6.33. The number of amides is 1. The highest BCUT2D eigenvalue weighted by Crippen LogP contribution is 2.23. The number of aromatic carboxylic acids is 1. The Balaban J connectivity index is 2.04. The number of rotatable bonds is 4. The summed E-state index contributed by atoms with van der Waals surface area (Å²) in [5.74, 6) is -2.35. The number of nitrogens with zero attached hydrogens (tertiary/aromatic N) is 1. The number of hydrogen-bond acceptors (Lipinski definition) is 4. The number of benzene rings is 1. The van der Waals surface area contributed by atoms with E-state index in [1.54, 1.807) is 4.90 Å². The molecule has 6 nitrogen and oxygen atoms in total. The van der Waals surface area contributed by atoms with Gasteiger partial charge in [0.25, 0.3) is 0 Å². The number of nitrogens with one attached hydrogen (secondary N) is 1. The van der Waals surface area contributed by atoms with Crippen molar-refractivity contribution in [2.75, 3.05) is 30.7 Å². The van der Waals surface area contributed by atoms with Gasteiger partial charge in [0.15, 0.2) is 0 Å². The molecule has 0 aromatic heterocycles. The third kappa shape index (κ3) is 2.98. The van der Waals surface area contributed by atoms with Gasteiger partial charge in [0.1, 0.15) is 5.82 Å². The first-order valence-corrected chi connectivity index (χ1v) is 6.33. The molecule has 7 heteroatoms. The molecule has 0 saturated carbocycles. The highest BCUT2D eigenvalue weighted by Gasteiger charge is 2.18. The summed E-state index contributed by atoms with van der Waals surface area (Å²) in [5.41, 5.74) is 5.48. The summed E-state index contributed by atoms with van der Waals surface area (Å²) in [4.78, 5) is 24.3. The van der Waals surface area contributed by atoms with Crippen LogP contribution in [0.3, 0.4) is 0 Å². The number of carbonyl (C=O) groups excluding carboxylic acids is 1. The van der Waals surface area contributed by atoms with Crippen LogP contribution in [0.1, 0.15) is 23.2 Å². The van der Waals surface area contributed by atoms with Crippen molar-refractivity contribution in [3.8, 4) is 0 Å². The van der Waals surface area contributed by atoms with Crippen molar-refractivity contribution in [3.63, 3.8) is 0 Å². The van der Waals surface area contributed by atoms with Crippen molar-refractivity contribution < 1.29 is 19.1 Å². The molecular weight excluding hydrogens is 265 g/mol. The van der Waals surface area contributed by atoms with E-state index >= 15 is 0 Å². The van der Waals surface area contributed by atoms with Gasteiger partial charge in [-0.25, -0.2) is 9.18 Å². The number of nitrogen functional groups attached to an aromatic ring is 1. The molecule has 0 unspecified atom stereocenters. The molecule has 1 aliphatic heterocycles. The minimum absolute atomic E-state index is 0.00998. The lowest BCUT2D eigenvalue weighted by Crippen LogP contribution is -2.33. The lowest BCUT2D eigenvalue weighted by atomic mass is 10.1. The maximum Gasteiger partial charge on any atom is 0.338 e. The lowest BCUT2D eigenvalue weighted by molar-refractivity contribution is -0.128. The summed E-state index contributed by atoms with van der Waals surface area (Å²) in [6, 6.07) is 2.04. The number of carbonyl (C=O) groups is 2. The van der Waals surface area contributed by atoms with Crippen LogP contribution in [0.15, 0.2) is 12.1 Å². The molecule has 0 atom stereocenters. The van der Waals surface area contributed by atoms with Crippen molar-refractivity contribution in [2.45, 2.75) is 12.8 Å². The average Bonchev–Trinajstić information content (AvgIpc) is 2.92. The normalized spacial score (nSPS) is 14.3. The van der Waals surface area contributed by atoms with Gasteiger partial charge in [0.2, 0.25) is 5.91 Å². The van der Waals surface area contributed by atoms with Gasteiger partial charge >= 0.3 is 5.97 Å². The molecule has 1 amide bonds. The van der Waals surface area contributed by atoms with E-state index in [-0.39, 0.29) is 23.8 Å². The Morgan fingerprint density at radius 1 is 1.35 bits per heavy atom. The Kier molecular flexibility index (Phi) is 4.07. The molecule has 1 saturated heterocycles. The second-order valence-corrected chi connectivity index (χ2v) is 4.67. The summed E-state index contributed by atoms with van der Waals surface area (Å²) in [6.07, 6.45) is 1.99. The van der Waals surface area contributed by atoms with Gasteiger partial charge in [-0.05, 0) is 25.0 Å². The van der Waals surface area contributed by atoms with Crippen molar-refractivity contribution in [2.24, 2.45) is 0 Å². The molecule has 0 spiro atoms. The van der Waals surface area contributed by atoms with Gasteiger partial charge in [-0.15, -0.1) is 0 Å². The summed E-state index contributed by atoms with van der Waals surface area (Å²) in [5, 5.41) is 11.5. The maximum atomic E-state index is 13.5. The second-order valence-electron chi connectivity index (χ2n) is 4.67. The molecule has 2 rings (SSSR count). The van der Waals surface area contributed by atoms with Gasteiger partial charge in [-0.2, -0.15) is 0 Å². The van der Waals surface area contributed by atoms with Crippen LogP contribution in [0, 0.1) is 5.82 Å². The largest absolute Gasteiger partial charge is 0.478 e. The maximum absolute atomic E-state index is 13.5. The van der Waals surface area contributed by atoms with E-state index in [1.807, 2.05) is 0 Å². The van der Waals surface area contributed by atoms with Gasteiger partial charge in [-0.1, -0.05) is 0 Å². The minimum atomic E-state index is -1.38. The fourth-order valence-electron chi connectivity index (χ4n) is 2.16. The smallest absolute Gasteiger partial charge is 0.338 e. The predicted molar refractivity (Wildman–Crippen MR) is 72.1 cm³/mol. The fourth-order valence-corrected chi connectivity index (χ4v) is 2.16. The Labute approximate surface area is 115 Å². The van der Waals surface area contributed by atoms with Crippen LogP contribution in [0.25, 0.3) is 0 Å². The Morgan fingerprint density at radius 2 is 2.00 bits per heavy atom. The van der Waals surface area contributed by atoms with Crippen LogP contribution < -0.4 is 11.1 Å². The molecule has 1 heterocycles. The van der Waals surface area contributed by atoms with Crippen LogP contribution in [0.4, 0.5) is 15.8 Å². The molecule has 108 valence electrons. The first-order chi connectivity index (χ1) is 9.49. The minimum Gasteiger partial charge on any atom is -0.478 e. The van der Waals surface area contributed by atoms with Crippen LogP contribution in [0.5, 0.6) is 0 Å². The highest BCUT2D eigenvalue weighted by molar-refractivity contribution is 5.91. The second kappa shape index (κ2) is 5.77. The number of halogens is 1. The highest BCUT2D eigenvalue weighted by atomic mass is 19.1. The van der Waals surface area contributed by atoms with Gasteiger partial charge < -0.3 is 21.1 Å². The molecule has 1 aromatic rings. The quantitative estimate of drug-likeness (QED) is 0.719. The van der Waals surface area contributed by atoms with Crippen molar-refractivity contribution >= 4 is 23.3 Å². The van der Waals surface area contributed by atoms with E-state index in [1.165, 1.54) is 0 Å². The zero-order valence-corrected chi connectivity index (χ0v) is 10.9. The number of likely N-dealkylation sites (tertiary alicyclic amines) is 1. The van der Waals surface area contributed by atoms with Gasteiger partial charge in [0, 0.05) is 13.1 Å². The van der Waals surface area contributed by atoms with Gasteiger partial charge in [0.05, 0.1) is 23.5 Å². The average molecular weight is 281 g/mol. The number of nitrogens with two attached hydrogens (primary N) is 1. The Bertz CT molecular complexity index is 542. The summed E-state index contributed by atoms with van der Waals surface area (Å²) in [6.45, 7) is 1.49. The number of carboxylic acid groups (broad SMARTS) is 1. The molecule has 0 bridgehead atoms. The molecule has 1 aliphatic rings. The van der Waals surface area contributed by atoms with E-state index in [0.717, 1.165) is 38.1 Å². The molecule has 1 fully saturated rings. The van der Waals surface area contributed by atoms with Gasteiger partial charge in [-0.3, -0.25) is 4.79 Å². The Hall–Kier alpha value is -2.31. The predicted octanol–water partition coefficient (Wildman–Crippen LogP) is 1.14. The van der Waals surface area contributed by atoms with E-state index in [0.29, 0.717) is 0 Å². The SMILES string of the molecule is Nc1cc(C(=O)O)c(F)cc1NCC(=O)N1CCCC1. The number of hydrogen-bond donors (Lipinski definition) is 3. The van der Waals surface area contributed by atoms with E-state index in [9.17, 15) is 14.0 Å². The molecule has 0 radical (unpaired) electrons. The van der Waals surface area contributed by atoms with Crippen LogP contribution >= 0.6 is 0 Å². The molecule has 0 aliphatic carbocycles. The van der Waals surface area contributed by atoms with Crippen molar-refractivity contribution in [1.82, 2.24) is 4.90 Å². The van der Waals surface area contributed by atoms with Crippen molar-refractivity contribution in [1.29, 1.82) is 0 Å². The van der Waals surface area contributed by atoms with E-state index in [4.69, 9.17) is 10.8 Å². The van der Waals surface area contributed by atoms with E-state index in [2.05, 4.69) is 5.32 Å². The zero-order valence-electron chi connectivity index (χ0n) is 10.9. The summed E-state index contributed by atoms with van der Waals surface area (Å²) >= 11 is 0. The molecule has 20 heavy (non-hydrogen) atoms. The third-order valence-corrected chi connectivity index (χ3v) is 3.26. The topological polar surface area (TPSA) is 95.7 Å². The van der Waals surface area contributed by atoms with Crippen LogP contribution in [0.2, 0.25) is 0 Å². The van der Waals surface area contributed by atoms with Crippen LogP contribution in [-0.4, -0.2) is 41.5 Å². The molecular formula is C13H16FN3O3. The third-order valence-electron chi connectivity index (χ3n) is 3.26. The first kappa shape index (κ1) is 14.1. The lowest BCUT2D eigenvalue weighted by Gasteiger charge is -2.17. The molecule has 1 aromatic carbocycles. The van der Waals surface area contributed by atoms with E-state index < -0.39 is 17.3 Å². The zero-order chi connectivity index (χ0) is 14.7. The Morgan fingerprint density at radius 3 is 2.60 bits per heavy atom. The standard InChI is InChI=1S/C13H16FN3O3/c14-9-6-11(10(15)5-8(9)13(19)20)16-7-12(18)17-3-1-2-4-17/h5-6,16H,1-4,7,15H2,(H,19,20). The number of anilines is 2.